The predicted molar refractivity (Wildman–Crippen MR) is 191 cm³/mol. The molecule has 5 rings (SSSR count). The topological polar surface area (TPSA) is 117 Å². The number of nitrogens with zero attached hydrogens (tertiary/aromatic N) is 2. The minimum absolute atomic E-state index is 0.0578. The van der Waals surface area contributed by atoms with Crippen LogP contribution in [-0.4, -0.2) is 79.9 Å². The van der Waals surface area contributed by atoms with Crippen molar-refractivity contribution in [2.24, 2.45) is 0 Å². The van der Waals surface area contributed by atoms with E-state index in [0.29, 0.717) is 39.7 Å². The standard InChI is InChI=1S/C33H32N4O6S4/c38-28(34-12-7-13-35-31(41)43-21-23-10-5-2-6-11-23)24-18-25(29(39)36-14-16-46-32(36)44)27(42-20-22-8-3-1-4-9-22)26(19-24)30(40)37-15-17-47-33(37)45/h1-6,8-11,18-19H,7,12-17,20-21H2,(H,34,38)(H,35,41). The first-order valence-electron chi connectivity index (χ1n) is 14.9. The molecule has 47 heavy (non-hydrogen) atoms. The molecule has 14 heteroatoms. The number of thiocarbonyl (C=S) groups is 2. The Kier molecular flexibility index (Phi) is 12.2. The smallest absolute Gasteiger partial charge is 0.407 e. The summed E-state index contributed by atoms with van der Waals surface area (Å²) >= 11 is 13.6. The van der Waals surface area contributed by atoms with Gasteiger partial charge in [-0.25, -0.2) is 4.79 Å². The first kappa shape index (κ1) is 34.4. The van der Waals surface area contributed by atoms with E-state index in [1.807, 2.05) is 60.7 Å². The van der Waals surface area contributed by atoms with Gasteiger partial charge in [-0.1, -0.05) is 109 Å². The molecule has 10 nitrogen and oxygen atoms in total. The zero-order valence-corrected chi connectivity index (χ0v) is 28.5. The van der Waals surface area contributed by atoms with Gasteiger partial charge < -0.3 is 20.1 Å². The average Bonchev–Trinajstić information content (AvgIpc) is 3.73. The van der Waals surface area contributed by atoms with E-state index in [1.54, 1.807) is 0 Å². The normalized spacial score (nSPS) is 14.2. The fourth-order valence-electron chi connectivity index (χ4n) is 4.77. The number of hydrogen-bond acceptors (Lipinski definition) is 10. The molecule has 3 aromatic rings. The molecule has 3 aromatic carbocycles. The third-order valence-corrected chi connectivity index (χ3v) is 10.0. The molecule has 244 valence electrons. The highest BCUT2D eigenvalue weighted by molar-refractivity contribution is 8.23. The van der Waals surface area contributed by atoms with Crippen molar-refractivity contribution in [3.05, 3.63) is 101 Å². The van der Waals surface area contributed by atoms with Crippen molar-refractivity contribution >= 4 is 80.4 Å². The van der Waals surface area contributed by atoms with Crippen LogP contribution in [0.15, 0.2) is 72.8 Å². The number of alkyl carbamates (subject to hydrolysis) is 1. The molecule has 2 aliphatic heterocycles. The SMILES string of the molecule is O=C(NCCCNC(=O)c1cc(C(=O)N2CCSC2=S)c(OCc2ccccc2)c(C(=O)N2CCSC2=S)c1)OCc1ccccc1. The lowest BCUT2D eigenvalue weighted by Gasteiger charge is -2.23. The number of amides is 4. The molecule has 0 unspecified atom stereocenters. The van der Waals surface area contributed by atoms with Crippen LogP contribution in [0.3, 0.4) is 0 Å². The minimum Gasteiger partial charge on any atom is -0.487 e. The van der Waals surface area contributed by atoms with E-state index in [4.69, 9.17) is 33.9 Å². The van der Waals surface area contributed by atoms with Crippen molar-refractivity contribution in [2.75, 3.05) is 37.7 Å². The van der Waals surface area contributed by atoms with Gasteiger partial charge in [0.05, 0.1) is 11.1 Å². The van der Waals surface area contributed by atoms with Crippen LogP contribution < -0.4 is 15.4 Å². The van der Waals surface area contributed by atoms with Gasteiger partial charge in [0.1, 0.15) is 27.6 Å². The van der Waals surface area contributed by atoms with Gasteiger partial charge in [-0.2, -0.15) is 0 Å². The van der Waals surface area contributed by atoms with Crippen molar-refractivity contribution in [3.63, 3.8) is 0 Å². The number of benzene rings is 3. The maximum atomic E-state index is 13.9. The van der Waals surface area contributed by atoms with Crippen molar-refractivity contribution in [2.45, 2.75) is 19.6 Å². The van der Waals surface area contributed by atoms with Crippen molar-refractivity contribution in [1.82, 2.24) is 20.4 Å². The monoisotopic (exact) mass is 708 g/mol. The first-order valence-corrected chi connectivity index (χ1v) is 17.7. The molecule has 2 fully saturated rings. The summed E-state index contributed by atoms with van der Waals surface area (Å²) in [7, 11) is 0. The highest BCUT2D eigenvalue weighted by Gasteiger charge is 2.34. The summed E-state index contributed by atoms with van der Waals surface area (Å²) in [5.74, 6) is -0.0518. The molecule has 0 aliphatic carbocycles. The van der Waals surface area contributed by atoms with Crippen molar-refractivity contribution in [1.29, 1.82) is 0 Å². The van der Waals surface area contributed by atoms with Gasteiger partial charge in [0.25, 0.3) is 17.7 Å². The van der Waals surface area contributed by atoms with Crippen LogP contribution in [-0.2, 0) is 18.0 Å². The average molecular weight is 709 g/mol. The van der Waals surface area contributed by atoms with E-state index in [0.717, 1.165) is 11.1 Å². The number of rotatable bonds is 12. The largest absolute Gasteiger partial charge is 0.487 e. The van der Waals surface area contributed by atoms with E-state index >= 15 is 0 Å². The second-order valence-electron chi connectivity index (χ2n) is 10.4. The molecule has 0 atom stereocenters. The Balaban J connectivity index is 1.34. The van der Waals surface area contributed by atoms with Gasteiger partial charge in [-0.05, 0) is 29.7 Å². The number of ether oxygens (including phenoxy) is 2. The van der Waals surface area contributed by atoms with Gasteiger partial charge in [0.15, 0.2) is 0 Å². The zero-order valence-electron chi connectivity index (χ0n) is 25.3. The number of nitrogens with one attached hydrogen (secondary N) is 2. The molecular formula is C33H32N4O6S4. The molecule has 0 bridgehead atoms. The van der Waals surface area contributed by atoms with Crippen LogP contribution in [0, 0.1) is 0 Å². The number of hydrogen-bond donors (Lipinski definition) is 2. The third kappa shape index (κ3) is 9.10. The Hall–Kier alpha value is -3.98. The van der Waals surface area contributed by atoms with E-state index in [1.165, 1.54) is 45.5 Å². The third-order valence-electron chi connectivity index (χ3n) is 7.17. The lowest BCUT2D eigenvalue weighted by Crippen LogP contribution is -2.34. The summed E-state index contributed by atoms with van der Waals surface area (Å²) in [5, 5.41) is 5.48. The van der Waals surface area contributed by atoms with E-state index in [-0.39, 0.29) is 48.7 Å². The van der Waals surface area contributed by atoms with Crippen LogP contribution in [0.2, 0.25) is 0 Å². The molecule has 2 N–H and O–H groups in total. The van der Waals surface area contributed by atoms with Gasteiger partial charge in [-0.3, -0.25) is 24.2 Å². The van der Waals surface area contributed by atoms with Crippen LogP contribution in [0.25, 0.3) is 0 Å². The van der Waals surface area contributed by atoms with E-state index < -0.39 is 23.8 Å². The summed E-state index contributed by atoms with van der Waals surface area (Å²) in [6.07, 6.45) is -0.144. The first-order chi connectivity index (χ1) is 22.8. The Morgan fingerprint density at radius 1 is 0.723 bits per heavy atom. The van der Waals surface area contributed by atoms with Gasteiger partial charge in [0.2, 0.25) is 0 Å². The summed E-state index contributed by atoms with van der Waals surface area (Å²) in [4.78, 5) is 56.3. The summed E-state index contributed by atoms with van der Waals surface area (Å²) in [6, 6.07) is 21.6. The van der Waals surface area contributed by atoms with E-state index in [9.17, 15) is 19.2 Å². The summed E-state index contributed by atoms with van der Waals surface area (Å²) in [5.41, 5.74) is 1.93. The van der Waals surface area contributed by atoms with E-state index in [2.05, 4.69) is 10.6 Å². The molecule has 0 spiro atoms. The fraction of sp³-hybridized carbons (Fsp3) is 0.273. The maximum Gasteiger partial charge on any atom is 0.407 e. The molecule has 0 radical (unpaired) electrons. The summed E-state index contributed by atoms with van der Waals surface area (Å²) < 4.78 is 12.3. The molecule has 2 heterocycles. The lowest BCUT2D eigenvalue weighted by molar-refractivity contribution is 0.0851. The Labute approximate surface area is 291 Å². The van der Waals surface area contributed by atoms with Gasteiger partial charge >= 0.3 is 6.09 Å². The number of carbonyl (C=O) groups is 4. The molecule has 0 aromatic heterocycles. The molecular weight excluding hydrogens is 677 g/mol. The van der Waals surface area contributed by atoms with Crippen LogP contribution in [0.4, 0.5) is 4.79 Å². The van der Waals surface area contributed by atoms with Crippen molar-refractivity contribution in [3.8, 4) is 5.75 Å². The number of carbonyl (C=O) groups excluding carboxylic acids is 4. The molecule has 2 aliphatic rings. The Bertz CT molecular complexity index is 1600. The van der Waals surface area contributed by atoms with Gasteiger partial charge in [-0.15, -0.1) is 0 Å². The minimum atomic E-state index is -0.562. The van der Waals surface area contributed by atoms with Crippen LogP contribution in [0.5, 0.6) is 5.75 Å². The second kappa shape index (κ2) is 16.7. The Morgan fingerprint density at radius 2 is 1.23 bits per heavy atom. The zero-order chi connectivity index (χ0) is 33.2. The highest BCUT2D eigenvalue weighted by Crippen LogP contribution is 2.33. The number of thioether (sulfide) groups is 2. The second-order valence-corrected chi connectivity index (χ2v) is 13.9. The van der Waals surface area contributed by atoms with Crippen molar-refractivity contribution < 1.29 is 28.7 Å². The lowest BCUT2D eigenvalue weighted by atomic mass is 10.0. The predicted octanol–water partition coefficient (Wildman–Crippen LogP) is 5.26. The quantitative estimate of drug-likeness (QED) is 0.191. The Morgan fingerprint density at radius 3 is 1.74 bits per heavy atom. The molecule has 4 amide bonds. The highest BCUT2D eigenvalue weighted by atomic mass is 32.2. The summed E-state index contributed by atoms with van der Waals surface area (Å²) in [6.45, 7) is 1.52. The molecule has 0 saturated carbocycles. The molecule has 2 saturated heterocycles. The fourth-order valence-corrected chi connectivity index (χ4v) is 7.17. The van der Waals surface area contributed by atoms with Gasteiger partial charge in [0, 0.05) is 43.2 Å². The maximum absolute atomic E-state index is 13.9. The van der Waals surface area contributed by atoms with Crippen LogP contribution in [0.1, 0.15) is 48.6 Å². The van der Waals surface area contributed by atoms with Crippen LogP contribution >= 0.6 is 48.0 Å².